The Morgan fingerprint density at radius 3 is 2.92 bits per heavy atom. The van der Waals surface area contributed by atoms with Crippen molar-refractivity contribution in [2.24, 2.45) is 0 Å². The summed E-state index contributed by atoms with van der Waals surface area (Å²) < 4.78 is 31.9. The molecule has 4 rings (SSSR count). The fourth-order valence-corrected chi connectivity index (χ4v) is 3.77. The third-order valence-corrected chi connectivity index (χ3v) is 5.72. The fraction of sp³-hybridized carbons (Fsp3) is 0.533. The topological polar surface area (TPSA) is 110 Å². The van der Waals surface area contributed by atoms with E-state index in [1.165, 1.54) is 17.0 Å². The molecule has 2 aromatic heterocycles. The van der Waals surface area contributed by atoms with Gasteiger partial charge in [0.1, 0.15) is 5.76 Å². The Labute approximate surface area is 145 Å². The molecule has 1 amide bonds. The van der Waals surface area contributed by atoms with Gasteiger partial charge in [0.15, 0.2) is 12.1 Å². The van der Waals surface area contributed by atoms with Crippen molar-refractivity contribution in [1.29, 1.82) is 0 Å². The van der Waals surface area contributed by atoms with Gasteiger partial charge in [0.25, 0.3) is 5.91 Å². The summed E-state index contributed by atoms with van der Waals surface area (Å²) in [7, 11) is -3.22. The molecule has 0 saturated heterocycles. The first-order chi connectivity index (χ1) is 11.9. The van der Waals surface area contributed by atoms with Gasteiger partial charge in [0.2, 0.25) is 10.0 Å². The SMILES string of the molecule is CS(=O)(=O)N1CCn2nc(CNC(=O)c3ncoc3C3CC3)cc2C1. The molecule has 1 fully saturated rings. The van der Waals surface area contributed by atoms with Crippen molar-refractivity contribution in [3.63, 3.8) is 0 Å². The number of hydrogen-bond acceptors (Lipinski definition) is 6. The normalized spacial score (nSPS) is 18.1. The standard InChI is InChI=1S/C15H19N5O4S/c1-25(22,23)19-4-5-20-12(8-19)6-11(18-20)7-16-15(21)13-14(10-2-3-10)24-9-17-13/h6,9-10H,2-5,7-8H2,1H3,(H,16,21). The number of amides is 1. The largest absolute Gasteiger partial charge is 0.447 e. The maximum atomic E-state index is 12.3. The van der Waals surface area contributed by atoms with Crippen molar-refractivity contribution >= 4 is 15.9 Å². The minimum Gasteiger partial charge on any atom is -0.447 e. The van der Waals surface area contributed by atoms with Gasteiger partial charge in [-0.2, -0.15) is 9.40 Å². The summed E-state index contributed by atoms with van der Waals surface area (Å²) in [5.74, 6) is 0.690. The maximum absolute atomic E-state index is 12.3. The lowest BCUT2D eigenvalue weighted by atomic mass is 10.2. The van der Waals surface area contributed by atoms with Crippen LogP contribution in [-0.2, 0) is 29.7 Å². The van der Waals surface area contributed by atoms with Gasteiger partial charge in [-0.15, -0.1) is 0 Å². The second-order valence-corrected chi connectivity index (χ2v) is 8.45. The summed E-state index contributed by atoms with van der Waals surface area (Å²) in [6.07, 6.45) is 4.56. The Kier molecular flexibility index (Phi) is 3.88. The zero-order valence-electron chi connectivity index (χ0n) is 13.8. The molecule has 0 bridgehead atoms. The molecular weight excluding hydrogens is 346 g/mol. The number of carbonyl (C=O) groups excluding carboxylic acids is 1. The molecule has 9 nitrogen and oxygen atoms in total. The molecule has 2 aromatic rings. The molecule has 134 valence electrons. The lowest BCUT2D eigenvalue weighted by Gasteiger charge is -2.25. The van der Waals surface area contributed by atoms with Crippen LogP contribution in [0, 0.1) is 0 Å². The average Bonchev–Trinajstić information content (AvgIpc) is 3.14. The van der Waals surface area contributed by atoms with Gasteiger partial charge < -0.3 is 9.73 Å². The van der Waals surface area contributed by atoms with Gasteiger partial charge >= 0.3 is 0 Å². The molecule has 10 heteroatoms. The monoisotopic (exact) mass is 365 g/mol. The van der Waals surface area contributed by atoms with E-state index in [0.717, 1.165) is 18.5 Å². The number of oxazole rings is 1. The Morgan fingerprint density at radius 2 is 2.20 bits per heavy atom. The van der Waals surface area contributed by atoms with E-state index < -0.39 is 10.0 Å². The lowest BCUT2D eigenvalue weighted by molar-refractivity contribution is 0.0944. The first-order valence-corrected chi connectivity index (χ1v) is 9.99. The van der Waals surface area contributed by atoms with Crippen LogP contribution in [0.3, 0.4) is 0 Å². The Balaban J connectivity index is 1.42. The van der Waals surface area contributed by atoms with E-state index in [2.05, 4.69) is 15.4 Å². The number of rotatable bonds is 5. The van der Waals surface area contributed by atoms with Gasteiger partial charge in [-0.05, 0) is 18.9 Å². The van der Waals surface area contributed by atoms with Crippen LogP contribution in [0.5, 0.6) is 0 Å². The fourth-order valence-electron chi connectivity index (χ4n) is 2.99. The third kappa shape index (κ3) is 3.31. The maximum Gasteiger partial charge on any atom is 0.273 e. The van der Waals surface area contributed by atoms with E-state index in [0.29, 0.717) is 42.7 Å². The number of carbonyl (C=O) groups is 1. The van der Waals surface area contributed by atoms with E-state index in [1.807, 2.05) is 6.07 Å². The van der Waals surface area contributed by atoms with Crippen molar-refractivity contribution < 1.29 is 17.6 Å². The number of fused-ring (bicyclic) bond motifs is 1. The zero-order valence-corrected chi connectivity index (χ0v) is 14.6. The molecule has 0 aromatic carbocycles. The predicted octanol–water partition coefficient (Wildman–Crippen LogP) is 0.454. The van der Waals surface area contributed by atoms with Crippen molar-refractivity contribution in [3.05, 3.63) is 35.3 Å². The predicted molar refractivity (Wildman–Crippen MR) is 87.1 cm³/mol. The summed E-state index contributed by atoms with van der Waals surface area (Å²) in [5.41, 5.74) is 1.85. The van der Waals surface area contributed by atoms with Crippen LogP contribution >= 0.6 is 0 Å². The highest BCUT2D eigenvalue weighted by atomic mass is 32.2. The minimum absolute atomic E-state index is 0.259. The third-order valence-electron chi connectivity index (χ3n) is 4.47. The second-order valence-electron chi connectivity index (χ2n) is 6.47. The van der Waals surface area contributed by atoms with E-state index >= 15 is 0 Å². The van der Waals surface area contributed by atoms with Gasteiger partial charge in [-0.25, -0.2) is 13.4 Å². The number of hydrogen-bond donors (Lipinski definition) is 1. The van der Waals surface area contributed by atoms with Gasteiger partial charge in [-0.1, -0.05) is 0 Å². The molecule has 1 saturated carbocycles. The number of aromatic nitrogens is 3. The summed E-state index contributed by atoms with van der Waals surface area (Å²) in [4.78, 5) is 16.3. The van der Waals surface area contributed by atoms with Crippen LogP contribution in [0.15, 0.2) is 16.9 Å². The molecule has 1 aliphatic heterocycles. The second kappa shape index (κ2) is 5.95. The van der Waals surface area contributed by atoms with E-state index in [9.17, 15) is 13.2 Å². The minimum atomic E-state index is -3.22. The highest BCUT2D eigenvalue weighted by Crippen LogP contribution is 2.41. The molecule has 0 unspecified atom stereocenters. The Morgan fingerprint density at radius 1 is 1.40 bits per heavy atom. The smallest absolute Gasteiger partial charge is 0.273 e. The van der Waals surface area contributed by atoms with Crippen LogP contribution < -0.4 is 5.32 Å². The van der Waals surface area contributed by atoms with Crippen LogP contribution in [0.25, 0.3) is 0 Å². The number of nitrogens with zero attached hydrogens (tertiary/aromatic N) is 4. The molecule has 1 aliphatic carbocycles. The Bertz CT molecular complexity index is 912. The molecule has 25 heavy (non-hydrogen) atoms. The molecule has 0 atom stereocenters. The zero-order chi connectivity index (χ0) is 17.6. The average molecular weight is 365 g/mol. The lowest BCUT2D eigenvalue weighted by Crippen LogP contribution is -2.37. The Hall–Kier alpha value is -2.20. The van der Waals surface area contributed by atoms with Crippen LogP contribution in [-0.4, -0.2) is 46.2 Å². The molecule has 0 spiro atoms. The van der Waals surface area contributed by atoms with Crippen LogP contribution in [0.1, 0.15) is 46.4 Å². The van der Waals surface area contributed by atoms with E-state index in [1.54, 1.807) is 4.68 Å². The van der Waals surface area contributed by atoms with Crippen LogP contribution in [0.4, 0.5) is 0 Å². The van der Waals surface area contributed by atoms with Gasteiger partial charge in [-0.3, -0.25) is 9.48 Å². The first-order valence-electron chi connectivity index (χ1n) is 8.14. The first kappa shape index (κ1) is 16.3. The quantitative estimate of drug-likeness (QED) is 0.824. The van der Waals surface area contributed by atoms with Crippen molar-refractivity contribution in [2.45, 2.75) is 38.4 Å². The highest BCUT2D eigenvalue weighted by Gasteiger charge is 2.32. The van der Waals surface area contributed by atoms with Crippen LogP contribution in [0.2, 0.25) is 0 Å². The summed E-state index contributed by atoms with van der Waals surface area (Å²) in [6, 6.07) is 1.82. The summed E-state index contributed by atoms with van der Waals surface area (Å²) in [6.45, 7) is 1.47. The molecule has 1 N–H and O–H groups in total. The van der Waals surface area contributed by atoms with Gasteiger partial charge in [0.05, 0.1) is 37.3 Å². The molecule has 3 heterocycles. The summed E-state index contributed by atoms with van der Waals surface area (Å²) >= 11 is 0. The summed E-state index contributed by atoms with van der Waals surface area (Å²) in [5, 5.41) is 7.23. The number of nitrogens with one attached hydrogen (secondary N) is 1. The molecule has 0 radical (unpaired) electrons. The molecular formula is C15H19N5O4S. The van der Waals surface area contributed by atoms with Crippen molar-refractivity contribution in [3.8, 4) is 0 Å². The van der Waals surface area contributed by atoms with E-state index in [-0.39, 0.29) is 12.5 Å². The van der Waals surface area contributed by atoms with Gasteiger partial charge in [0, 0.05) is 12.5 Å². The molecule has 2 aliphatic rings. The van der Waals surface area contributed by atoms with Crippen molar-refractivity contribution in [1.82, 2.24) is 24.4 Å². The number of sulfonamides is 1. The van der Waals surface area contributed by atoms with Crippen molar-refractivity contribution in [2.75, 3.05) is 12.8 Å². The highest BCUT2D eigenvalue weighted by molar-refractivity contribution is 7.88. The van der Waals surface area contributed by atoms with E-state index in [4.69, 9.17) is 4.42 Å².